The average Bonchev–Trinajstić information content (AvgIpc) is 3.03. The maximum absolute atomic E-state index is 10.8. The van der Waals surface area contributed by atoms with Gasteiger partial charge in [0.15, 0.2) is 11.2 Å². The van der Waals surface area contributed by atoms with Crippen molar-refractivity contribution in [2.75, 3.05) is 13.2 Å². The maximum Gasteiger partial charge on any atom is 0.231 e. The number of aliphatic hydroxyl groups is 8. The largest absolute Gasteiger partial charge is 0.461 e. The van der Waals surface area contributed by atoms with Crippen molar-refractivity contribution in [3.05, 3.63) is 66.0 Å². The second kappa shape index (κ2) is 13.1. The molecule has 1 aromatic heterocycles. The van der Waals surface area contributed by atoms with Gasteiger partial charge in [-0.2, -0.15) is 0 Å². The van der Waals surface area contributed by atoms with Crippen molar-refractivity contribution in [2.24, 2.45) is 0 Å². The molecule has 0 spiro atoms. The van der Waals surface area contributed by atoms with E-state index in [1.165, 1.54) is 13.8 Å². The fraction of sp³-hybridized carbons (Fsp3) is 0.485. The fourth-order valence-corrected chi connectivity index (χ4v) is 5.64. The van der Waals surface area contributed by atoms with E-state index in [4.69, 9.17) is 18.9 Å². The van der Waals surface area contributed by atoms with Crippen molar-refractivity contribution >= 4 is 0 Å². The molecule has 2 saturated heterocycles. The van der Waals surface area contributed by atoms with Gasteiger partial charge in [-0.05, 0) is 80.3 Å². The minimum Gasteiger partial charge on any atom is -0.461 e. The average molecular weight is 644 g/mol. The lowest BCUT2D eigenvalue weighted by Gasteiger charge is -2.45. The van der Waals surface area contributed by atoms with E-state index in [2.05, 4.69) is 4.98 Å². The minimum atomic E-state index is -1.94. The van der Waals surface area contributed by atoms with Gasteiger partial charge in [0.05, 0.1) is 13.2 Å². The molecular formula is C33H41NO12. The number of aliphatic hydroxyl groups excluding tert-OH is 6. The highest BCUT2D eigenvalue weighted by Gasteiger charge is 2.54. The Morgan fingerprint density at radius 1 is 0.652 bits per heavy atom. The predicted molar refractivity (Wildman–Crippen MR) is 163 cm³/mol. The van der Waals surface area contributed by atoms with Gasteiger partial charge in [-0.25, -0.2) is 0 Å². The van der Waals surface area contributed by atoms with Gasteiger partial charge in [0.1, 0.15) is 48.1 Å². The van der Waals surface area contributed by atoms with Gasteiger partial charge in [0.2, 0.25) is 12.6 Å². The lowest BCUT2D eigenvalue weighted by Crippen LogP contribution is -2.66. The summed E-state index contributed by atoms with van der Waals surface area (Å²) in [6.07, 6.45) is -7.71. The molecule has 13 heteroatoms. The van der Waals surface area contributed by atoms with Crippen molar-refractivity contribution in [1.82, 2.24) is 4.98 Å². The van der Waals surface area contributed by atoms with E-state index in [0.29, 0.717) is 22.6 Å². The third-order valence-corrected chi connectivity index (χ3v) is 8.74. The Balaban J connectivity index is 1.33. The Morgan fingerprint density at radius 3 is 1.39 bits per heavy atom. The van der Waals surface area contributed by atoms with Crippen LogP contribution in [0.4, 0.5) is 0 Å². The highest BCUT2D eigenvalue weighted by molar-refractivity contribution is 5.73. The van der Waals surface area contributed by atoms with Gasteiger partial charge >= 0.3 is 0 Å². The molecule has 3 heterocycles. The van der Waals surface area contributed by atoms with E-state index >= 15 is 0 Å². The first-order chi connectivity index (χ1) is 21.7. The number of aryl methyl sites for hydroxylation is 2. The number of pyridine rings is 1. The molecule has 3 aromatic rings. The van der Waals surface area contributed by atoms with Crippen LogP contribution in [0.15, 0.2) is 54.9 Å². The second-order valence-corrected chi connectivity index (χ2v) is 12.4. The summed E-state index contributed by atoms with van der Waals surface area (Å²) in [6.45, 7) is 5.05. The molecule has 4 unspecified atom stereocenters. The minimum absolute atomic E-state index is 0.373. The zero-order valence-electron chi connectivity index (χ0n) is 25.9. The molecule has 250 valence electrons. The summed E-state index contributed by atoms with van der Waals surface area (Å²) in [5.74, 6) is 0.746. The number of ether oxygens (including phenoxy) is 4. The van der Waals surface area contributed by atoms with Crippen LogP contribution in [0.5, 0.6) is 11.5 Å². The summed E-state index contributed by atoms with van der Waals surface area (Å²) in [5, 5.41) is 81.6. The van der Waals surface area contributed by atoms with Gasteiger partial charge in [-0.1, -0.05) is 12.1 Å². The van der Waals surface area contributed by atoms with Crippen molar-refractivity contribution in [3.8, 4) is 33.8 Å². The number of aromatic nitrogens is 1. The molecule has 10 atom stereocenters. The molecule has 0 radical (unpaired) electrons. The van der Waals surface area contributed by atoms with Crippen LogP contribution in [0.2, 0.25) is 0 Å². The molecular weight excluding hydrogens is 602 g/mol. The number of hydrogen-bond acceptors (Lipinski definition) is 13. The van der Waals surface area contributed by atoms with Gasteiger partial charge in [0, 0.05) is 23.5 Å². The third-order valence-electron chi connectivity index (χ3n) is 8.74. The van der Waals surface area contributed by atoms with E-state index in [9.17, 15) is 40.9 Å². The monoisotopic (exact) mass is 643 g/mol. The molecule has 13 nitrogen and oxygen atoms in total. The Hall–Kier alpha value is -3.21. The molecule has 46 heavy (non-hydrogen) atoms. The number of nitrogens with zero attached hydrogens (tertiary/aromatic N) is 1. The number of rotatable bonds is 8. The maximum atomic E-state index is 10.8. The summed E-state index contributed by atoms with van der Waals surface area (Å²) in [6, 6.07) is 12.7. The van der Waals surface area contributed by atoms with Crippen molar-refractivity contribution in [3.63, 3.8) is 0 Å². The zero-order valence-corrected chi connectivity index (χ0v) is 25.9. The Kier molecular flexibility index (Phi) is 9.74. The molecule has 2 aliphatic rings. The van der Waals surface area contributed by atoms with Gasteiger partial charge < -0.3 is 59.8 Å². The molecule has 8 N–H and O–H groups in total. The Morgan fingerprint density at radius 2 is 1.04 bits per heavy atom. The van der Waals surface area contributed by atoms with Crippen molar-refractivity contribution < 1.29 is 59.8 Å². The molecule has 0 amide bonds. The van der Waals surface area contributed by atoms with E-state index in [1.54, 1.807) is 50.5 Å². The zero-order chi connectivity index (χ0) is 33.6. The lowest BCUT2D eigenvalue weighted by molar-refractivity contribution is -0.314. The Labute approximate surface area is 265 Å². The van der Waals surface area contributed by atoms with Crippen LogP contribution >= 0.6 is 0 Å². The molecule has 2 aliphatic heterocycles. The number of benzene rings is 2. The summed E-state index contributed by atoms with van der Waals surface area (Å²) >= 11 is 0. The van der Waals surface area contributed by atoms with Crippen LogP contribution in [0, 0.1) is 13.8 Å². The first-order valence-electron chi connectivity index (χ1n) is 14.9. The molecule has 2 aromatic carbocycles. The fourth-order valence-electron chi connectivity index (χ4n) is 5.64. The van der Waals surface area contributed by atoms with Crippen LogP contribution in [-0.4, -0.2) is 119 Å². The summed E-state index contributed by atoms with van der Waals surface area (Å²) in [5.41, 5.74) is 0.766. The smallest absolute Gasteiger partial charge is 0.231 e. The molecule has 0 bridgehead atoms. The Bertz CT molecular complexity index is 1420. The van der Waals surface area contributed by atoms with Gasteiger partial charge in [-0.3, -0.25) is 4.98 Å². The predicted octanol–water partition coefficient (Wildman–Crippen LogP) is 0.170. The molecule has 5 rings (SSSR count). The van der Waals surface area contributed by atoms with Crippen LogP contribution in [0.1, 0.15) is 25.0 Å². The first kappa shape index (κ1) is 34.1. The standard InChI is InChI=1S/C33H41NO12/c1-16-9-18(5-7-22(16)43-30-32(3,41)28(39)26(37)24(14-35)45-30)20-11-21(13-34-12-20)19-6-8-23(17(2)10-19)44-31-33(4,42)29(40)27(38)25(15-36)46-31/h5-13,24-31,35-42H,14-15H2,1-4H3/t24?,25?,26-,27-,28?,29?,30+,31+,32+,33+/m1/s1. The summed E-state index contributed by atoms with van der Waals surface area (Å²) in [7, 11) is 0. The molecule has 2 fully saturated rings. The quantitative estimate of drug-likeness (QED) is 0.165. The van der Waals surface area contributed by atoms with Crippen LogP contribution in [-0.2, 0) is 9.47 Å². The van der Waals surface area contributed by atoms with E-state index in [-0.39, 0.29) is 0 Å². The molecule has 0 aliphatic carbocycles. The van der Waals surface area contributed by atoms with Crippen LogP contribution in [0.25, 0.3) is 22.3 Å². The van der Waals surface area contributed by atoms with E-state index < -0.39 is 73.6 Å². The molecule has 0 saturated carbocycles. The second-order valence-electron chi connectivity index (χ2n) is 12.4. The van der Waals surface area contributed by atoms with Crippen LogP contribution < -0.4 is 9.47 Å². The highest BCUT2D eigenvalue weighted by Crippen LogP contribution is 2.36. The normalized spacial score (nSPS) is 34.7. The van der Waals surface area contributed by atoms with Crippen molar-refractivity contribution in [2.45, 2.75) is 88.1 Å². The van der Waals surface area contributed by atoms with Gasteiger partial charge in [-0.15, -0.1) is 0 Å². The van der Waals surface area contributed by atoms with E-state index in [1.807, 2.05) is 18.2 Å². The summed E-state index contributed by atoms with van der Waals surface area (Å²) < 4.78 is 22.9. The summed E-state index contributed by atoms with van der Waals surface area (Å²) in [4.78, 5) is 4.41. The topological polar surface area (TPSA) is 212 Å². The number of hydrogen-bond donors (Lipinski definition) is 8. The van der Waals surface area contributed by atoms with Crippen LogP contribution in [0.3, 0.4) is 0 Å². The van der Waals surface area contributed by atoms with E-state index in [0.717, 1.165) is 22.3 Å². The van der Waals surface area contributed by atoms with Crippen molar-refractivity contribution in [1.29, 1.82) is 0 Å². The van der Waals surface area contributed by atoms with Gasteiger partial charge in [0.25, 0.3) is 0 Å². The SMILES string of the molecule is Cc1cc(-c2cncc(-c3ccc(O[C@H]4OC(CO)[C@@H](O)C(O)[C@]4(C)O)c(C)c3)c2)ccc1O[C@H]1OC(CO)[C@@H](O)C(O)[C@]1(C)O. The first-order valence-corrected chi connectivity index (χ1v) is 14.9. The highest BCUT2D eigenvalue weighted by atomic mass is 16.7. The third kappa shape index (κ3) is 6.36. The lowest BCUT2D eigenvalue weighted by atomic mass is 9.88.